The van der Waals surface area contributed by atoms with Crippen molar-refractivity contribution >= 4 is 10.0 Å². The molecule has 0 aromatic heterocycles. The molecule has 0 aromatic rings. The molecule has 0 amide bonds. The van der Waals surface area contributed by atoms with E-state index in [4.69, 9.17) is 5.26 Å². The zero-order valence-corrected chi connectivity index (χ0v) is 7.82. The third kappa shape index (κ3) is 2.19. The second-order valence-corrected chi connectivity index (χ2v) is 5.02. The van der Waals surface area contributed by atoms with Crippen LogP contribution in [0.25, 0.3) is 0 Å². The maximum absolute atomic E-state index is 10.9. The molecule has 0 unspecified atom stereocenters. The molecule has 5 heteroatoms. The Hall–Kier alpha value is -0.600. The number of rotatable bonds is 2. The lowest BCUT2D eigenvalue weighted by atomic mass is 10.0. The average molecular weight is 188 g/mol. The summed E-state index contributed by atoms with van der Waals surface area (Å²) in [6.07, 6.45) is 4.21. The van der Waals surface area contributed by atoms with Gasteiger partial charge in [0.1, 0.15) is 5.54 Å². The van der Waals surface area contributed by atoms with Gasteiger partial charge in [0.2, 0.25) is 10.0 Å². The topological polar surface area (TPSA) is 70.0 Å². The van der Waals surface area contributed by atoms with Crippen molar-refractivity contribution in [3.63, 3.8) is 0 Å². The molecule has 0 heterocycles. The van der Waals surface area contributed by atoms with Crippen LogP contribution in [0.3, 0.4) is 0 Å². The van der Waals surface area contributed by atoms with Crippen molar-refractivity contribution in [3.05, 3.63) is 0 Å². The van der Waals surface area contributed by atoms with Gasteiger partial charge in [-0.2, -0.15) is 9.98 Å². The maximum Gasteiger partial charge on any atom is 0.210 e. The van der Waals surface area contributed by atoms with E-state index in [1.807, 2.05) is 6.07 Å². The summed E-state index contributed by atoms with van der Waals surface area (Å²) in [5, 5.41) is 8.80. The molecule has 0 bridgehead atoms. The lowest BCUT2D eigenvalue weighted by molar-refractivity contribution is 0.488. The van der Waals surface area contributed by atoms with Crippen molar-refractivity contribution in [2.45, 2.75) is 31.2 Å². The van der Waals surface area contributed by atoms with Gasteiger partial charge < -0.3 is 0 Å². The van der Waals surface area contributed by atoms with Crippen molar-refractivity contribution in [3.8, 4) is 6.07 Å². The van der Waals surface area contributed by atoms with E-state index in [1.54, 1.807) is 0 Å². The van der Waals surface area contributed by atoms with Gasteiger partial charge in [0.05, 0.1) is 12.3 Å². The highest BCUT2D eigenvalue weighted by Gasteiger charge is 2.36. The summed E-state index contributed by atoms with van der Waals surface area (Å²) in [7, 11) is -3.25. The van der Waals surface area contributed by atoms with Crippen LogP contribution in [0.15, 0.2) is 0 Å². The van der Waals surface area contributed by atoms with Crippen molar-refractivity contribution in [2.24, 2.45) is 0 Å². The highest BCUT2D eigenvalue weighted by molar-refractivity contribution is 7.88. The summed E-state index contributed by atoms with van der Waals surface area (Å²) >= 11 is 0. The Balaban J connectivity index is 2.77. The zero-order chi connectivity index (χ0) is 9.24. The van der Waals surface area contributed by atoms with Gasteiger partial charge in [-0.25, -0.2) is 8.42 Å². The SMILES string of the molecule is CS(=O)(=O)NC1(C#N)CCCC1. The molecule has 1 fully saturated rings. The molecule has 1 aliphatic carbocycles. The summed E-state index contributed by atoms with van der Waals surface area (Å²) in [5.74, 6) is 0. The van der Waals surface area contributed by atoms with Crippen LogP contribution in [0, 0.1) is 11.3 Å². The molecular weight excluding hydrogens is 176 g/mol. The molecule has 1 N–H and O–H groups in total. The van der Waals surface area contributed by atoms with E-state index in [0.717, 1.165) is 19.1 Å². The summed E-state index contributed by atoms with van der Waals surface area (Å²) in [6.45, 7) is 0. The van der Waals surface area contributed by atoms with Gasteiger partial charge in [0.25, 0.3) is 0 Å². The van der Waals surface area contributed by atoms with Crippen LogP contribution in [0.2, 0.25) is 0 Å². The van der Waals surface area contributed by atoms with E-state index in [9.17, 15) is 8.42 Å². The monoisotopic (exact) mass is 188 g/mol. The Morgan fingerprint density at radius 3 is 2.25 bits per heavy atom. The van der Waals surface area contributed by atoms with E-state index in [-0.39, 0.29) is 0 Å². The molecule has 1 rings (SSSR count). The van der Waals surface area contributed by atoms with Gasteiger partial charge in [0, 0.05) is 0 Å². The van der Waals surface area contributed by atoms with Crippen LogP contribution in [-0.2, 0) is 10.0 Å². The Kier molecular flexibility index (Phi) is 2.40. The third-order valence-electron chi connectivity index (χ3n) is 2.05. The van der Waals surface area contributed by atoms with Crippen LogP contribution < -0.4 is 4.72 Å². The highest BCUT2D eigenvalue weighted by atomic mass is 32.2. The number of sulfonamides is 1. The molecule has 68 valence electrons. The predicted octanol–water partition coefficient (Wildman–Crippen LogP) is 0.372. The molecule has 1 saturated carbocycles. The molecule has 0 spiro atoms. The quantitative estimate of drug-likeness (QED) is 0.680. The molecule has 4 nitrogen and oxygen atoms in total. The van der Waals surface area contributed by atoms with Crippen molar-refractivity contribution in [1.82, 2.24) is 4.72 Å². The molecular formula is C7H12N2O2S. The first-order chi connectivity index (χ1) is 5.47. The Labute approximate surface area is 72.6 Å². The van der Waals surface area contributed by atoms with Gasteiger partial charge in [0.15, 0.2) is 0 Å². The summed E-state index contributed by atoms with van der Waals surface area (Å²) < 4.78 is 24.2. The van der Waals surface area contributed by atoms with E-state index in [2.05, 4.69) is 4.72 Å². The standard InChI is InChI=1S/C7H12N2O2S/c1-12(10,11)9-7(6-8)4-2-3-5-7/h9H,2-5H2,1H3. The van der Waals surface area contributed by atoms with E-state index < -0.39 is 15.6 Å². The molecule has 0 atom stereocenters. The third-order valence-corrected chi connectivity index (χ3v) is 2.81. The highest BCUT2D eigenvalue weighted by Crippen LogP contribution is 2.29. The first-order valence-corrected chi connectivity index (χ1v) is 5.77. The maximum atomic E-state index is 10.9. The van der Waals surface area contributed by atoms with E-state index >= 15 is 0 Å². The first-order valence-electron chi connectivity index (χ1n) is 3.88. The fraction of sp³-hybridized carbons (Fsp3) is 0.857. The van der Waals surface area contributed by atoms with Gasteiger partial charge in [-0.15, -0.1) is 0 Å². The lowest BCUT2D eigenvalue weighted by Gasteiger charge is -2.19. The fourth-order valence-corrected chi connectivity index (χ4v) is 2.53. The van der Waals surface area contributed by atoms with E-state index in [0.29, 0.717) is 12.8 Å². The fourth-order valence-electron chi connectivity index (χ4n) is 1.57. The minimum atomic E-state index is -3.25. The Bertz CT molecular complexity index is 296. The Morgan fingerprint density at radius 1 is 1.42 bits per heavy atom. The van der Waals surface area contributed by atoms with Crippen LogP contribution in [-0.4, -0.2) is 20.2 Å². The smallest absolute Gasteiger partial charge is 0.210 e. The van der Waals surface area contributed by atoms with Crippen molar-refractivity contribution in [2.75, 3.05) is 6.26 Å². The van der Waals surface area contributed by atoms with Gasteiger partial charge in [-0.3, -0.25) is 0 Å². The van der Waals surface area contributed by atoms with Crippen molar-refractivity contribution < 1.29 is 8.42 Å². The van der Waals surface area contributed by atoms with Gasteiger partial charge in [-0.05, 0) is 12.8 Å². The Morgan fingerprint density at radius 2 is 1.92 bits per heavy atom. The number of hydrogen-bond donors (Lipinski definition) is 1. The number of nitrogens with one attached hydrogen (secondary N) is 1. The minimum Gasteiger partial charge on any atom is -0.213 e. The van der Waals surface area contributed by atoms with Crippen molar-refractivity contribution in [1.29, 1.82) is 5.26 Å². The number of nitrogens with zero attached hydrogens (tertiary/aromatic N) is 1. The summed E-state index contributed by atoms with van der Waals surface area (Å²) in [4.78, 5) is 0. The predicted molar refractivity (Wildman–Crippen MR) is 44.8 cm³/mol. The molecule has 1 aliphatic rings. The van der Waals surface area contributed by atoms with Crippen LogP contribution in [0.4, 0.5) is 0 Å². The molecule has 0 radical (unpaired) electrons. The van der Waals surface area contributed by atoms with Gasteiger partial charge >= 0.3 is 0 Å². The van der Waals surface area contributed by atoms with Gasteiger partial charge in [-0.1, -0.05) is 12.8 Å². The number of hydrogen-bond acceptors (Lipinski definition) is 3. The minimum absolute atomic E-state index is 0.635. The molecule has 12 heavy (non-hydrogen) atoms. The van der Waals surface area contributed by atoms with E-state index in [1.165, 1.54) is 0 Å². The van der Waals surface area contributed by atoms with Crippen LogP contribution in [0.1, 0.15) is 25.7 Å². The second-order valence-electron chi connectivity index (χ2n) is 3.28. The average Bonchev–Trinajstić information content (AvgIpc) is 2.34. The largest absolute Gasteiger partial charge is 0.213 e. The summed E-state index contributed by atoms with van der Waals surface area (Å²) in [5.41, 5.74) is -0.812. The number of nitriles is 1. The summed E-state index contributed by atoms with van der Waals surface area (Å²) in [6, 6.07) is 2.04. The normalized spacial score (nSPS) is 22.0. The molecule has 0 saturated heterocycles. The molecule has 0 aliphatic heterocycles. The first kappa shape index (κ1) is 9.49. The van der Waals surface area contributed by atoms with Crippen LogP contribution >= 0.6 is 0 Å². The van der Waals surface area contributed by atoms with Crippen LogP contribution in [0.5, 0.6) is 0 Å². The lowest BCUT2D eigenvalue weighted by Crippen LogP contribution is -2.44. The zero-order valence-electron chi connectivity index (χ0n) is 7.00. The molecule has 0 aromatic carbocycles. The second kappa shape index (κ2) is 3.04.